The van der Waals surface area contributed by atoms with E-state index in [2.05, 4.69) is 15.0 Å². The number of halogens is 3. The normalized spacial score (nSPS) is 17.9. The molecule has 0 bridgehead atoms. The van der Waals surface area contributed by atoms with Gasteiger partial charge < -0.3 is 4.74 Å². The van der Waals surface area contributed by atoms with Gasteiger partial charge in [0.25, 0.3) is 0 Å². The number of benzene rings is 1. The first-order chi connectivity index (χ1) is 13.9. The highest BCUT2D eigenvalue weighted by molar-refractivity contribution is 5.43. The number of aromatic nitrogens is 3. The summed E-state index contributed by atoms with van der Waals surface area (Å²) in [6.07, 6.45) is -3.16. The van der Waals surface area contributed by atoms with Crippen LogP contribution in [0.25, 0.3) is 5.65 Å². The second-order valence-corrected chi connectivity index (χ2v) is 7.39. The molecule has 0 radical (unpaired) electrons. The minimum Gasteiger partial charge on any atom is -0.497 e. The van der Waals surface area contributed by atoms with Crippen LogP contribution < -0.4 is 4.74 Å². The Hall–Kier alpha value is -2.61. The standard InChI is InChI=1S/C21H23F3N4O/c1-3-16-10-19(21(22,23)24)28-20(25-16)11-18(26-28)15-8-9-27(13-15)12-14-4-6-17(29-2)7-5-14/h4-7,10-11,15H,3,8-9,12-13H2,1-2H3. The first-order valence-corrected chi connectivity index (χ1v) is 9.69. The van der Waals surface area contributed by atoms with Crippen LogP contribution in [0.5, 0.6) is 5.75 Å². The predicted octanol–water partition coefficient (Wildman–Crippen LogP) is 4.31. The quantitative estimate of drug-likeness (QED) is 0.636. The third kappa shape index (κ3) is 4.07. The average Bonchev–Trinajstić information content (AvgIpc) is 3.33. The maximum Gasteiger partial charge on any atom is 0.433 e. The van der Waals surface area contributed by atoms with Crippen molar-refractivity contribution in [3.63, 3.8) is 0 Å². The molecule has 29 heavy (non-hydrogen) atoms. The highest BCUT2D eigenvalue weighted by Crippen LogP contribution is 2.32. The van der Waals surface area contributed by atoms with Crippen molar-refractivity contribution in [2.24, 2.45) is 0 Å². The molecule has 4 rings (SSSR count). The van der Waals surface area contributed by atoms with E-state index >= 15 is 0 Å². The van der Waals surface area contributed by atoms with Gasteiger partial charge in [-0.05, 0) is 43.1 Å². The second-order valence-electron chi connectivity index (χ2n) is 7.39. The number of likely N-dealkylation sites (tertiary alicyclic amines) is 1. The molecule has 1 aromatic carbocycles. The summed E-state index contributed by atoms with van der Waals surface area (Å²) in [6, 6.07) is 10.7. The van der Waals surface area contributed by atoms with Crippen LogP contribution in [0.3, 0.4) is 0 Å². The molecular weight excluding hydrogens is 381 g/mol. The van der Waals surface area contributed by atoms with Crippen molar-refractivity contribution in [2.75, 3.05) is 20.2 Å². The van der Waals surface area contributed by atoms with Gasteiger partial charge in [-0.25, -0.2) is 9.50 Å². The topological polar surface area (TPSA) is 42.7 Å². The van der Waals surface area contributed by atoms with Crippen LogP contribution >= 0.6 is 0 Å². The smallest absolute Gasteiger partial charge is 0.433 e. The summed E-state index contributed by atoms with van der Waals surface area (Å²) in [5.41, 5.74) is 1.77. The molecular formula is C21H23F3N4O. The minimum absolute atomic E-state index is 0.0982. The fraction of sp³-hybridized carbons (Fsp3) is 0.429. The van der Waals surface area contributed by atoms with Crippen molar-refractivity contribution in [1.82, 2.24) is 19.5 Å². The summed E-state index contributed by atoms with van der Waals surface area (Å²) in [4.78, 5) is 6.64. The van der Waals surface area contributed by atoms with Crippen LogP contribution in [0.4, 0.5) is 13.2 Å². The molecule has 0 amide bonds. The Bertz CT molecular complexity index is 998. The number of hydrogen-bond donors (Lipinski definition) is 0. The number of ether oxygens (including phenoxy) is 1. The number of aryl methyl sites for hydroxylation is 1. The van der Waals surface area contributed by atoms with Crippen molar-refractivity contribution < 1.29 is 17.9 Å². The van der Waals surface area contributed by atoms with Crippen LogP contribution in [0.1, 0.15) is 41.9 Å². The van der Waals surface area contributed by atoms with Crippen LogP contribution in [0.15, 0.2) is 36.4 Å². The maximum atomic E-state index is 13.5. The van der Waals surface area contributed by atoms with Crippen molar-refractivity contribution in [3.05, 3.63) is 59.0 Å². The first kappa shape index (κ1) is 19.7. The number of rotatable bonds is 5. The highest BCUT2D eigenvalue weighted by atomic mass is 19.4. The number of fused-ring (bicyclic) bond motifs is 1. The molecule has 0 spiro atoms. The molecule has 8 heteroatoms. The lowest BCUT2D eigenvalue weighted by Gasteiger charge is -2.15. The summed E-state index contributed by atoms with van der Waals surface area (Å²) in [7, 11) is 1.64. The Labute approximate surface area is 167 Å². The lowest BCUT2D eigenvalue weighted by atomic mass is 10.1. The third-order valence-electron chi connectivity index (χ3n) is 5.41. The molecule has 1 fully saturated rings. The Morgan fingerprint density at radius 3 is 2.59 bits per heavy atom. The zero-order valence-corrected chi connectivity index (χ0v) is 16.4. The molecule has 1 unspecified atom stereocenters. The van der Waals surface area contributed by atoms with Gasteiger partial charge in [0.1, 0.15) is 11.4 Å². The van der Waals surface area contributed by atoms with Crippen molar-refractivity contribution in [3.8, 4) is 5.75 Å². The van der Waals surface area contributed by atoms with Crippen LogP contribution in [-0.4, -0.2) is 39.7 Å². The molecule has 2 aromatic heterocycles. The summed E-state index contributed by atoms with van der Waals surface area (Å²) >= 11 is 0. The molecule has 0 N–H and O–H groups in total. The van der Waals surface area contributed by atoms with Crippen LogP contribution in [-0.2, 0) is 19.1 Å². The molecule has 1 aliphatic rings. The van der Waals surface area contributed by atoms with Gasteiger partial charge in [-0.2, -0.15) is 18.3 Å². The zero-order chi connectivity index (χ0) is 20.6. The minimum atomic E-state index is -4.47. The van der Waals surface area contributed by atoms with Gasteiger partial charge in [0.15, 0.2) is 5.65 Å². The Morgan fingerprint density at radius 1 is 1.17 bits per heavy atom. The number of hydrogen-bond acceptors (Lipinski definition) is 4. The van der Waals surface area contributed by atoms with E-state index in [1.54, 1.807) is 20.1 Å². The fourth-order valence-corrected chi connectivity index (χ4v) is 3.83. The van der Waals surface area contributed by atoms with E-state index in [0.29, 0.717) is 17.8 Å². The van der Waals surface area contributed by atoms with E-state index in [9.17, 15) is 13.2 Å². The number of nitrogens with zero attached hydrogens (tertiary/aromatic N) is 4. The van der Waals surface area contributed by atoms with E-state index in [1.165, 1.54) is 5.56 Å². The van der Waals surface area contributed by atoms with Gasteiger partial charge in [-0.3, -0.25) is 4.90 Å². The third-order valence-corrected chi connectivity index (χ3v) is 5.41. The summed E-state index contributed by atoms with van der Waals surface area (Å²) in [5.74, 6) is 0.915. The molecule has 0 saturated carbocycles. The summed E-state index contributed by atoms with van der Waals surface area (Å²) in [5, 5.41) is 4.29. The van der Waals surface area contributed by atoms with E-state index in [1.807, 2.05) is 24.3 Å². The molecule has 0 aliphatic carbocycles. The van der Waals surface area contributed by atoms with Gasteiger partial charge in [-0.15, -0.1) is 0 Å². The van der Waals surface area contributed by atoms with E-state index in [0.717, 1.165) is 42.4 Å². The van der Waals surface area contributed by atoms with E-state index < -0.39 is 11.9 Å². The lowest BCUT2D eigenvalue weighted by Crippen LogP contribution is -2.19. The molecule has 3 heterocycles. The fourth-order valence-electron chi connectivity index (χ4n) is 3.83. The Balaban J connectivity index is 1.54. The van der Waals surface area contributed by atoms with Gasteiger partial charge in [0, 0.05) is 30.8 Å². The van der Waals surface area contributed by atoms with Crippen molar-refractivity contribution in [2.45, 2.75) is 38.4 Å². The highest BCUT2D eigenvalue weighted by Gasteiger charge is 2.36. The zero-order valence-electron chi connectivity index (χ0n) is 16.4. The van der Waals surface area contributed by atoms with E-state index in [4.69, 9.17) is 4.74 Å². The predicted molar refractivity (Wildman–Crippen MR) is 103 cm³/mol. The van der Waals surface area contributed by atoms with Crippen LogP contribution in [0, 0.1) is 0 Å². The van der Waals surface area contributed by atoms with Gasteiger partial charge in [0.2, 0.25) is 0 Å². The van der Waals surface area contributed by atoms with E-state index in [-0.39, 0.29) is 11.6 Å². The second kappa shape index (κ2) is 7.67. The summed E-state index contributed by atoms with van der Waals surface area (Å²) < 4.78 is 46.5. The molecule has 1 atom stereocenters. The Kier molecular flexibility index (Phi) is 5.21. The summed E-state index contributed by atoms with van der Waals surface area (Å²) in [6.45, 7) is 4.23. The van der Waals surface area contributed by atoms with Gasteiger partial charge in [-0.1, -0.05) is 19.1 Å². The largest absolute Gasteiger partial charge is 0.497 e. The first-order valence-electron chi connectivity index (χ1n) is 9.69. The van der Waals surface area contributed by atoms with Crippen LogP contribution in [0.2, 0.25) is 0 Å². The molecule has 1 saturated heterocycles. The lowest BCUT2D eigenvalue weighted by molar-refractivity contribution is -0.142. The number of alkyl halides is 3. The maximum absolute atomic E-state index is 13.5. The molecule has 1 aliphatic heterocycles. The SMILES string of the molecule is CCc1cc(C(F)(F)F)n2nc(C3CCN(Cc4ccc(OC)cc4)C3)cc2n1. The van der Waals surface area contributed by atoms with Gasteiger partial charge >= 0.3 is 6.18 Å². The molecule has 3 aromatic rings. The monoisotopic (exact) mass is 404 g/mol. The molecule has 5 nitrogen and oxygen atoms in total. The number of methoxy groups -OCH3 is 1. The Morgan fingerprint density at radius 2 is 1.93 bits per heavy atom. The molecule has 154 valence electrons. The van der Waals surface area contributed by atoms with Gasteiger partial charge in [0.05, 0.1) is 12.8 Å². The van der Waals surface area contributed by atoms with Crippen molar-refractivity contribution >= 4 is 5.65 Å². The average molecular weight is 404 g/mol. The van der Waals surface area contributed by atoms with Crippen molar-refractivity contribution in [1.29, 1.82) is 0 Å².